The van der Waals surface area contributed by atoms with Crippen molar-refractivity contribution in [3.8, 4) is 0 Å². The van der Waals surface area contributed by atoms with Gasteiger partial charge in [0.2, 0.25) is 0 Å². The first-order valence-electron chi connectivity index (χ1n) is 9.24. The van der Waals surface area contributed by atoms with Crippen molar-refractivity contribution in [1.82, 2.24) is 4.90 Å². The molecule has 0 bridgehead atoms. The SMILES string of the molecule is CCC(C)[C@H]1COC(=O)N1C(=O)/C(C)=C/[C@H](C)COCc1ccccc1. The van der Waals surface area contributed by atoms with E-state index < -0.39 is 6.09 Å². The topological polar surface area (TPSA) is 55.8 Å². The van der Waals surface area contributed by atoms with Gasteiger partial charge in [0.1, 0.15) is 6.61 Å². The molecule has 2 amide bonds. The van der Waals surface area contributed by atoms with E-state index in [1.807, 2.05) is 57.2 Å². The van der Waals surface area contributed by atoms with Crippen LogP contribution in [0.5, 0.6) is 0 Å². The van der Waals surface area contributed by atoms with E-state index in [1.54, 1.807) is 6.92 Å². The van der Waals surface area contributed by atoms with E-state index in [-0.39, 0.29) is 30.4 Å². The average Bonchev–Trinajstić information content (AvgIpc) is 3.02. The largest absolute Gasteiger partial charge is 0.447 e. The van der Waals surface area contributed by atoms with Gasteiger partial charge in [-0.1, -0.05) is 63.6 Å². The van der Waals surface area contributed by atoms with Gasteiger partial charge in [0.15, 0.2) is 0 Å². The zero-order valence-electron chi connectivity index (χ0n) is 16.1. The Kier molecular flexibility index (Phi) is 7.39. The molecule has 26 heavy (non-hydrogen) atoms. The number of amides is 2. The molecule has 2 rings (SSSR count). The molecule has 1 saturated heterocycles. The van der Waals surface area contributed by atoms with Gasteiger partial charge in [-0.25, -0.2) is 9.69 Å². The van der Waals surface area contributed by atoms with Crippen LogP contribution in [-0.4, -0.2) is 36.2 Å². The predicted octanol–water partition coefficient (Wildman–Crippen LogP) is 4.18. The molecule has 1 unspecified atom stereocenters. The van der Waals surface area contributed by atoms with Crippen molar-refractivity contribution in [3.05, 3.63) is 47.5 Å². The first kappa shape index (κ1) is 20.2. The Morgan fingerprint density at radius 2 is 2.04 bits per heavy atom. The number of benzene rings is 1. The van der Waals surface area contributed by atoms with Crippen molar-refractivity contribution in [2.75, 3.05) is 13.2 Å². The Morgan fingerprint density at radius 3 is 2.69 bits per heavy atom. The highest BCUT2D eigenvalue weighted by molar-refractivity contribution is 6.03. The summed E-state index contributed by atoms with van der Waals surface area (Å²) < 4.78 is 10.8. The first-order chi connectivity index (χ1) is 12.4. The van der Waals surface area contributed by atoms with Crippen LogP contribution in [0.3, 0.4) is 0 Å². The third kappa shape index (κ3) is 5.18. The first-order valence-corrected chi connectivity index (χ1v) is 9.24. The minimum atomic E-state index is -0.541. The summed E-state index contributed by atoms with van der Waals surface area (Å²) in [7, 11) is 0. The summed E-state index contributed by atoms with van der Waals surface area (Å²) in [5, 5.41) is 0. The highest BCUT2D eigenvalue weighted by Crippen LogP contribution is 2.24. The van der Waals surface area contributed by atoms with Crippen molar-refractivity contribution >= 4 is 12.0 Å². The second kappa shape index (κ2) is 9.53. The maximum absolute atomic E-state index is 12.7. The van der Waals surface area contributed by atoms with E-state index in [0.717, 1.165) is 12.0 Å². The van der Waals surface area contributed by atoms with Gasteiger partial charge in [-0.2, -0.15) is 0 Å². The Bertz CT molecular complexity index is 641. The lowest BCUT2D eigenvalue weighted by Crippen LogP contribution is -2.42. The average molecular weight is 359 g/mol. The van der Waals surface area contributed by atoms with Crippen molar-refractivity contribution < 1.29 is 19.1 Å². The molecule has 142 valence electrons. The van der Waals surface area contributed by atoms with E-state index in [2.05, 4.69) is 0 Å². The van der Waals surface area contributed by atoms with Crippen molar-refractivity contribution in [3.63, 3.8) is 0 Å². The number of imide groups is 1. The monoisotopic (exact) mass is 359 g/mol. The zero-order chi connectivity index (χ0) is 19.1. The molecule has 1 aliphatic heterocycles. The van der Waals surface area contributed by atoms with E-state index >= 15 is 0 Å². The summed E-state index contributed by atoms with van der Waals surface area (Å²) in [6, 6.07) is 9.78. The maximum Gasteiger partial charge on any atom is 0.417 e. The van der Waals surface area contributed by atoms with Crippen molar-refractivity contribution in [1.29, 1.82) is 0 Å². The van der Waals surface area contributed by atoms with Gasteiger partial charge < -0.3 is 9.47 Å². The number of carbonyl (C=O) groups excluding carboxylic acids is 2. The molecule has 0 saturated carbocycles. The number of cyclic esters (lactones) is 1. The minimum Gasteiger partial charge on any atom is -0.447 e. The van der Waals surface area contributed by atoms with Crippen LogP contribution in [0.4, 0.5) is 4.79 Å². The minimum absolute atomic E-state index is 0.0725. The molecule has 0 N–H and O–H groups in total. The van der Waals surface area contributed by atoms with E-state index in [9.17, 15) is 9.59 Å². The number of ether oxygens (including phenoxy) is 2. The predicted molar refractivity (Wildman–Crippen MR) is 100 cm³/mol. The zero-order valence-corrected chi connectivity index (χ0v) is 16.1. The van der Waals surface area contributed by atoms with Crippen LogP contribution in [0, 0.1) is 11.8 Å². The van der Waals surface area contributed by atoms with Gasteiger partial charge in [-0.15, -0.1) is 0 Å². The Labute approximate surface area is 156 Å². The molecule has 1 fully saturated rings. The molecule has 1 aromatic carbocycles. The summed E-state index contributed by atoms with van der Waals surface area (Å²) in [5.41, 5.74) is 1.67. The molecule has 5 heteroatoms. The molecule has 0 aliphatic carbocycles. The number of carbonyl (C=O) groups is 2. The van der Waals surface area contributed by atoms with Gasteiger partial charge in [0.05, 0.1) is 19.3 Å². The maximum atomic E-state index is 12.7. The highest BCUT2D eigenvalue weighted by Gasteiger charge is 2.40. The van der Waals surface area contributed by atoms with Crippen LogP contribution < -0.4 is 0 Å². The van der Waals surface area contributed by atoms with Gasteiger partial charge >= 0.3 is 6.09 Å². The van der Waals surface area contributed by atoms with E-state index in [1.165, 1.54) is 4.90 Å². The molecule has 5 nitrogen and oxygen atoms in total. The van der Waals surface area contributed by atoms with Crippen molar-refractivity contribution in [2.24, 2.45) is 11.8 Å². The third-order valence-corrected chi connectivity index (χ3v) is 4.79. The molecule has 3 atom stereocenters. The molecule has 1 aromatic rings. The highest BCUT2D eigenvalue weighted by atomic mass is 16.6. The fourth-order valence-corrected chi connectivity index (χ4v) is 3.03. The molecular weight excluding hydrogens is 330 g/mol. The molecule has 0 spiro atoms. The molecular formula is C21H29NO4. The standard InChI is InChI=1S/C21H29NO4/c1-5-16(3)19-14-26-21(24)22(19)20(23)17(4)11-15(2)12-25-13-18-9-7-6-8-10-18/h6-11,15-16,19H,5,12-14H2,1-4H3/b17-11+/t15-,16?,19+/m0/s1. The quantitative estimate of drug-likeness (QED) is 0.654. The molecule has 0 radical (unpaired) electrons. The van der Waals surface area contributed by atoms with Crippen LogP contribution in [0.25, 0.3) is 0 Å². The smallest absolute Gasteiger partial charge is 0.417 e. The van der Waals surface area contributed by atoms with Crippen LogP contribution in [0.1, 0.15) is 39.7 Å². The van der Waals surface area contributed by atoms with Crippen LogP contribution >= 0.6 is 0 Å². The van der Waals surface area contributed by atoms with Crippen LogP contribution in [0.15, 0.2) is 42.0 Å². The molecule has 1 heterocycles. The second-order valence-corrected chi connectivity index (χ2v) is 7.03. The number of nitrogens with zero attached hydrogens (tertiary/aromatic N) is 1. The van der Waals surface area contributed by atoms with E-state index in [4.69, 9.17) is 9.47 Å². The Balaban J connectivity index is 1.92. The Hall–Kier alpha value is -2.14. The number of hydrogen-bond donors (Lipinski definition) is 0. The third-order valence-electron chi connectivity index (χ3n) is 4.79. The van der Waals surface area contributed by atoms with Gasteiger partial charge in [-0.3, -0.25) is 4.79 Å². The summed E-state index contributed by atoms with van der Waals surface area (Å²) in [5.74, 6) is 0.0147. The summed E-state index contributed by atoms with van der Waals surface area (Å²) in [4.78, 5) is 26.0. The Morgan fingerprint density at radius 1 is 1.35 bits per heavy atom. The van der Waals surface area contributed by atoms with Crippen LogP contribution in [-0.2, 0) is 20.9 Å². The number of rotatable bonds is 8. The molecule has 0 aromatic heterocycles. The second-order valence-electron chi connectivity index (χ2n) is 7.03. The lowest BCUT2D eigenvalue weighted by molar-refractivity contribution is -0.125. The van der Waals surface area contributed by atoms with Gasteiger partial charge in [0, 0.05) is 5.57 Å². The number of hydrogen-bond acceptors (Lipinski definition) is 4. The van der Waals surface area contributed by atoms with Crippen LogP contribution in [0.2, 0.25) is 0 Å². The van der Waals surface area contributed by atoms with Crippen molar-refractivity contribution in [2.45, 2.75) is 46.8 Å². The summed E-state index contributed by atoms with van der Waals surface area (Å²) >= 11 is 0. The fraction of sp³-hybridized carbons (Fsp3) is 0.524. The van der Waals surface area contributed by atoms with Gasteiger partial charge in [-0.05, 0) is 24.3 Å². The lowest BCUT2D eigenvalue weighted by atomic mass is 9.98. The molecule has 1 aliphatic rings. The summed E-state index contributed by atoms with van der Waals surface area (Å²) in [6.45, 7) is 9.16. The fourth-order valence-electron chi connectivity index (χ4n) is 3.03. The normalized spacial score (nSPS) is 20.0. The summed E-state index contributed by atoms with van der Waals surface area (Å²) in [6.07, 6.45) is 2.21. The van der Waals surface area contributed by atoms with Gasteiger partial charge in [0.25, 0.3) is 5.91 Å². The van der Waals surface area contributed by atoms with E-state index in [0.29, 0.717) is 18.8 Å². The lowest BCUT2D eigenvalue weighted by Gasteiger charge is -2.24.